The van der Waals surface area contributed by atoms with Crippen LogP contribution < -0.4 is 4.90 Å². The van der Waals surface area contributed by atoms with Crippen molar-refractivity contribution < 1.29 is 26.7 Å². The molecular formula is C37H38F5N9O. The predicted molar refractivity (Wildman–Crippen MR) is 188 cm³/mol. The number of halogens is 5. The molecule has 5 heterocycles. The van der Waals surface area contributed by atoms with Gasteiger partial charge in [-0.15, -0.1) is 5.10 Å². The largest absolute Gasteiger partial charge is 0.417 e. The van der Waals surface area contributed by atoms with Crippen LogP contribution in [0.4, 0.5) is 27.8 Å². The standard InChI is InChI=1S/C37H38F5N9O/c1-36(48(2)3)20-50(21-36)35-33-34(51(47-46-33)23-12-16-49(15-5-6-17-52-4)22(18-23)11-13-43)26-19-27(37(40,41)42)29(30(39)32(26)45-35)25-9-10-28(38)24-8-7-14-44-31(24)25/h5-10,14,19,22-23H,11-12,15-18,20-21H2,1-4H3/b6-5+/t22-,23+/m1/s1. The molecule has 2 aromatic carbocycles. The Hall–Kier alpha value is -4.78. The smallest absolute Gasteiger partial charge is 0.381 e. The fourth-order valence-electron chi connectivity index (χ4n) is 7.53. The van der Waals surface area contributed by atoms with Gasteiger partial charge in [0, 0.05) is 67.4 Å². The van der Waals surface area contributed by atoms with E-state index in [-0.39, 0.29) is 62.4 Å². The number of nitriles is 1. The fraction of sp³-hybridized carbons (Fsp3) is 0.432. The van der Waals surface area contributed by atoms with Gasteiger partial charge in [0.05, 0.1) is 41.8 Å². The molecular weight excluding hydrogens is 681 g/mol. The summed E-state index contributed by atoms with van der Waals surface area (Å²) in [6, 6.07) is 7.68. The number of methoxy groups -OCH3 is 1. The molecule has 0 radical (unpaired) electrons. The number of hydrogen-bond acceptors (Lipinski definition) is 9. The Morgan fingerprint density at radius 1 is 1.10 bits per heavy atom. The van der Waals surface area contributed by atoms with E-state index in [1.54, 1.807) is 11.8 Å². The number of nitrogens with zero attached hydrogens (tertiary/aromatic N) is 9. The van der Waals surface area contributed by atoms with Gasteiger partial charge in [0.25, 0.3) is 0 Å². The zero-order chi connectivity index (χ0) is 36.9. The third-order valence-corrected chi connectivity index (χ3v) is 10.6. The molecule has 7 rings (SSSR count). The van der Waals surface area contributed by atoms with Crippen molar-refractivity contribution in [2.45, 2.75) is 50.0 Å². The molecule has 272 valence electrons. The summed E-state index contributed by atoms with van der Waals surface area (Å²) in [4.78, 5) is 15.1. The molecule has 0 saturated carbocycles. The Kier molecular flexibility index (Phi) is 9.35. The van der Waals surface area contributed by atoms with Crippen LogP contribution in [0.5, 0.6) is 0 Å². The second-order valence-electron chi connectivity index (χ2n) is 14.0. The SMILES string of the molecule is COC/C=C/CN1CC[C@H](n2nnc3c(N4CC(C)(N(C)C)C4)nc4c(F)c(-c5ccc(F)c6cccnc56)c(C(F)(F)F)cc4c32)C[C@H]1CC#N. The summed E-state index contributed by atoms with van der Waals surface area (Å²) in [5.41, 5.74) is -2.30. The van der Waals surface area contributed by atoms with E-state index < -0.39 is 28.9 Å². The maximum atomic E-state index is 17.2. The van der Waals surface area contributed by atoms with Crippen molar-refractivity contribution in [2.75, 3.05) is 58.9 Å². The first-order valence-electron chi connectivity index (χ1n) is 17.1. The van der Waals surface area contributed by atoms with Crippen LogP contribution in [0.15, 0.2) is 48.7 Å². The van der Waals surface area contributed by atoms with Crippen molar-refractivity contribution in [2.24, 2.45) is 0 Å². The molecule has 2 aliphatic heterocycles. The van der Waals surface area contributed by atoms with E-state index in [1.165, 1.54) is 18.3 Å². The van der Waals surface area contributed by atoms with Crippen molar-refractivity contribution in [1.82, 2.24) is 34.8 Å². The number of aromatic nitrogens is 5. The summed E-state index contributed by atoms with van der Waals surface area (Å²) in [5.74, 6) is -1.57. The van der Waals surface area contributed by atoms with Crippen LogP contribution in [-0.2, 0) is 10.9 Å². The first-order chi connectivity index (χ1) is 24.9. The van der Waals surface area contributed by atoms with Gasteiger partial charge < -0.3 is 14.5 Å². The number of alkyl halides is 3. The molecule has 3 aromatic heterocycles. The molecule has 2 saturated heterocycles. The van der Waals surface area contributed by atoms with E-state index in [2.05, 4.69) is 38.1 Å². The van der Waals surface area contributed by atoms with Crippen LogP contribution in [0.1, 0.15) is 37.8 Å². The molecule has 0 amide bonds. The summed E-state index contributed by atoms with van der Waals surface area (Å²) in [7, 11) is 5.52. The Morgan fingerprint density at radius 2 is 1.88 bits per heavy atom. The molecule has 0 N–H and O–H groups in total. The number of piperidine rings is 1. The van der Waals surface area contributed by atoms with E-state index in [0.29, 0.717) is 51.4 Å². The molecule has 2 atom stereocenters. The molecule has 10 nitrogen and oxygen atoms in total. The van der Waals surface area contributed by atoms with Crippen LogP contribution in [0.2, 0.25) is 0 Å². The normalized spacial score (nSPS) is 19.7. The van der Waals surface area contributed by atoms with Gasteiger partial charge in [0.2, 0.25) is 0 Å². The maximum absolute atomic E-state index is 17.2. The summed E-state index contributed by atoms with van der Waals surface area (Å²) in [6.07, 6.45) is 1.50. The Labute approximate surface area is 297 Å². The highest BCUT2D eigenvalue weighted by Crippen LogP contribution is 2.46. The first-order valence-corrected chi connectivity index (χ1v) is 17.1. The van der Waals surface area contributed by atoms with Gasteiger partial charge in [-0.25, -0.2) is 18.4 Å². The van der Waals surface area contributed by atoms with E-state index >= 15 is 17.6 Å². The lowest BCUT2D eigenvalue weighted by atomic mass is 9.90. The number of likely N-dealkylation sites (N-methyl/N-ethyl adjacent to an activating group) is 1. The first kappa shape index (κ1) is 35.6. The Morgan fingerprint density at radius 3 is 2.60 bits per heavy atom. The molecule has 15 heteroatoms. The van der Waals surface area contributed by atoms with Crippen LogP contribution in [0.25, 0.3) is 44.0 Å². The number of ether oxygens (including phenoxy) is 1. The monoisotopic (exact) mass is 719 g/mol. The predicted octanol–water partition coefficient (Wildman–Crippen LogP) is 6.75. The van der Waals surface area contributed by atoms with Gasteiger partial charge in [-0.2, -0.15) is 18.4 Å². The van der Waals surface area contributed by atoms with Crippen molar-refractivity contribution in [3.8, 4) is 17.2 Å². The molecule has 5 aromatic rings. The molecule has 0 spiro atoms. The third kappa shape index (κ3) is 6.12. The second-order valence-corrected chi connectivity index (χ2v) is 14.0. The van der Waals surface area contributed by atoms with Crippen molar-refractivity contribution in [3.63, 3.8) is 0 Å². The highest BCUT2D eigenvalue weighted by atomic mass is 19.4. The number of fused-ring (bicyclic) bond motifs is 4. The molecule has 0 aliphatic carbocycles. The number of likely N-dealkylation sites (tertiary alicyclic amines) is 1. The Bertz CT molecular complexity index is 2220. The molecule has 52 heavy (non-hydrogen) atoms. The number of rotatable bonds is 9. The number of hydrogen-bond donors (Lipinski definition) is 0. The zero-order valence-electron chi connectivity index (χ0n) is 29.3. The van der Waals surface area contributed by atoms with E-state index in [4.69, 9.17) is 9.72 Å². The van der Waals surface area contributed by atoms with Gasteiger partial charge >= 0.3 is 6.18 Å². The second kappa shape index (κ2) is 13.6. The van der Waals surface area contributed by atoms with Crippen molar-refractivity contribution in [1.29, 1.82) is 5.26 Å². The van der Waals surface area contributed by atoms with Gasteiger partial charge in [-0.1, -0.05) is 17.4 Å². The van der Waals surface area contributed by atoms with Crippen molar-refractivity contribution >= 4 is 38.7 Å². The lowest BCUT2D eigenvalue weighted by molar-refractivity contribution is -0.137. The quantitative estimate of drug-likeness (QED) is 0.121. The molecule has 2 fully saturated rings. The molecule has 0 unspecified atom stereocenters. The van der Waals surface area contributed by atoms with Crippen LogP contribution in [0.3, 0.4) is 0 Å². The lowest BCUT2D eigenvalue weighted by Crippen LogP contribution is -2.67. The number of anilines is 1. The van der Waals surface area contributed by atoms with E-state index in [9.17, 15) is 9.65 Å². The van der Waals surface area contributed by atoms with E-state index in [0.717, 1.165) is 18.2 Å². The summed E-state index contributed by atoms with van der Waals surface area (Å²) < 4.78 is 84.0. The highest BCUT2D eigenvalue weighted by Gasteiger charge is 2.44. The van der Waals surface area contributed by atoms with E-state index in [1.807, 2.05) is 31.1 Å². The summed E-state index contributed by atoms with van der Waals surface area (Å²) in [6.45, 7) is 4.77. The highest BCUT2D eigenvalue weighted by molar-refractivity contribution is 6.09. The van der Waals surface area contributed by atoms with Crippen LogP contribution in [0, 0.1) is 23.0 Å². The average Bonchev–Trinajstić information content (AvgIpc) is 3.55. The van der Waals surface area contributed by atoms with Gasteiger partial charge in [-0.05, 0) is 64.2 Å². The maximum Gasteiger partial charge on any atom is 0.417 e. The van der Waals surface area contributed by atoms with Crippen LogP contribution >= 0.6 is 0 Å². The fourth-order valence-corrected chi connectivity index (χ4v) is 7.53. The van der Waals surface area contributed by atoms with Gasteiger partial charge in [0.15, 0.2) is 17.2 Å². The number of benzene rings is 2. The Balaban J connectivity index is 1.44. The topological polar surface area (TPSA) is 99.2 Å². The average molecular weight is 720 g/mol. The molecule has 0 bridgehead atoms. The summed E-state index contributed by atoms with van der Waals surface area (Å²) >= 11 is 0. The minimum absolute atomic E-state index is 0.0324. The van der Waals surface area contributed by atoms with Crippen molar-refractivity contribution in [3.05, 3.63) is 65.9 Å². The van der Waals surface area contributed by atoms with Crippen LogP contribution in [-0.4, -0.2) is 100 Å². The summed E-state index contributed by atoms with van der Waals surface area (Å²) in [5, 5.41) is 18.6. The van der Waals surface area contributed by atoms with Gasteiger partial charge in [-0.3, -0.25) is 9.88 Å². The number of pyridine rings is 2. The minimum Gasteiger partial charge on any atom is -0.381 e. The zero-order valence-corrected chi connectivity index (χ0v) is 29.3. The minimum atomic E-state index is -5.01. The van der Waals surface area contributed by atoms with Gasteiger partial charge in [0.1, 0.15) is 16.9 Å². The third-order valence-electron chi connectivity index (χ3n) is 10.6. The molecule has 2 aliphatic rings. The lowest BCUT2D eigenvalue weighted by Gasteiger charge is -2.52.